The van der Waals surface area contributed by atoms with E-state index in [4.69, 9.17) is 63.6 Å². The summed E-state index contributed by atoms with van der Waals surface area (Å²) in [6.07, 6.45) is -3.84. The van der Waals surface area contributed by atoms with Crippen molar-refractivity contribution in [1.82, 2.24) is 0 Å². The molecule has 3 rings (SSSR count). The van der Waals surface area contributed by atoms with Gasteiger partial charge in [-0.25, -0.2) is 4.79 Å². The van der Waals surface area contributed by atoms with Gasteiger partial charge in [-0.1, -0.05) is 125 Å². The van der Waals surface area contributed by atoms with Crippen LogP contribution in [0.1, 0.15) is 57.5 Å². The lowest BCUT2D eigenvalue weighted by molar-refractivity contribution is -0.126. The van der Waals surface area contributed by atoms with Crippen molar-refractivity contribution < 1.29 is 28.2 Å². The number of hydrogen-bond donors (Lipinski definition) is 1. The average Bonchev–Trinajstić information content (AvgIpc) is 3.23. The Morgan fingerprint density at radius 3 is 1.93 bits per heavy atom. The maximum absolute atomic E-state index is 13.2. The quantitative estimate of drug-likeness (QED) is 0.0827. The molecule has 0 amide bonds. The van der Waals surface area contributed by atoms with E-state index in [-0.39, 0.29) is 13.2 Å². The minimum Gasteiger partial charge on any atom is -0.449 e. The van der Waals surface area contributed by atoms with Crippen molar-refractivity contribution in [2.24, 2.45) is 0 Å². The summed E-state index contributed by atoms with van der Waals surface area (Å²) in [5.74, 6) is -1.26. The van der Waals surface area contributed by atoms with Gasteiger partial charge in [-0.05, 0) is 34.3 Å². The summed E-state index contributed by atoms with van der Waals surface area (Å²) in [5.41, 5.74) is 2.28. The number of alkyl halides is 3. The Morgan fingerprint density at radius 1 is 0.878 bits per heavy atom. The van der Waals surface area contributed by atoms with E-state index >= 15 is 0 Å². The highest BCUT2D eigenvalue weighted by atomic mass is 35.6. The first kappa shape index (κ1) is 33.8. The molecule has 41 heavy (non-hydrogen) atoms. The van der Waals surface area contributed by atoms with Gasteiger partial charge in [-0.3, -0.25) is 5.41 Å². The Labute approximate surface area is 259 Å². The summed E-state index contributed by atoms with van der Waals surface area (Å²) in [6, 6.07) is 18.2. The maximum Gasteiger partial charge on any atom is 0.338 e. The first-order valence-corrected chi connectivity index (χ1v) is 17.1. The molecule has 1 aliphatic rings. The summed E-state index contributed by atoms with van der Waals surface area (Å²) in [4.78, 5) is 13.2. The van der Waals surface area contributed by atoms with E-state index in [0.29, 0.717) is 22.2 Å². The third kappa shape index (κ3) is 8.47. The predicted octanol–water partition coefficient (Wildman–Crippen LogP) is 8.08. The van der Waals surface area contributed by atoms with Gasteiger partial charge in [0.15, 0.2) is 14.4 Å². The third-order valence-electron chi connectivity index (χ3n) is 7.50. The third-order valence-corrected chi connectivity index (χ3v) is 14.1. The minimum absolute atomic E-state index is 0.181. The van der Waals surface area contributed by atoms with E-state index < -0.39 is 48.6 Å². The molecular formula is C30H40Cl3NO6Si. The van der Waals surface area contributed by atoms with Crippen LogP contribution in [0.25, 0.3) is 0 Å². The average molecular weight is 645 g/mol. The van der Waals surface area contributed by atoms with Crippen molar-refractivity contribution in [3.05, 3.63) is 71.8 Å². The number of benzene rings is 2. The number of carbonyl (C=O) groups excluding carboxylic acids is 1. The van der Waals surface area contributed by atoms with Crippen molar-refractivity contribution in [3.63, 3.8) is 0 Å². The first-order chi connectivity index (χ1) is 19.3. The van der Waals surface area contributed by atoms with Crippen molar-refractivity contribution in [2.45, 2.75) is 93.2 Å². The fourth-order valence-corrected chi connectivity index (χ4v) is 11.3. The van der Waals surface area contributed by atoms with Gasteiger partial charge in [0.2, 0.25) is 12.2 Å². The zero-order valence-electron chi connectivity index (χ0n) is 24.3. The minimum atomic E-state index is -2.29. The number of hydrogen-bond acceptors (Lipinski definition) is 7. The molecule has 1 aliphatic heterocycles. The van der Waals surface area contributed by atoms with Crippen LogP contribution in [0.15, 0.2) is 60.7 Å². The van der Waals surface area contributed by atoms with E-state index in [1.165, 1.54) is 0 Å². The van der Waals surface area contributed by atoms with Crippen LogP contribution in [-0.2, 0) is 30.0 Å². The molecule has 1 saturated heterocycles. The Balaban J connectivity index is 1.96. The van der Waals surface area contributed by atoms with Crippen LogP contribution in [0.3, 0.4) is 0 Å². The van der Waals surface area contributed by atoms with E-state index in [1.807, 2.05) is 30.3 Å². The fourth-order valence-electron chi connectivity index (χ4n) is 5.69. The molecule has 0 spiro atoms. The summed E-state index contributed by atoms with van der Waals surface area (Å²) in [6.45, 7) is 13.6. The van der Waals surface area contributed by atoms with Gasteiger partial charge in [0.05, 0.1) is 18.8 Å². The summed E-state index contributed by atoms with van der Waals surface area (Å²) < 4.78 is 29.0. The van der Waals surface area contributed by atoms with Gasteiger partial charge in [0.1, 0.15) is 12.2 Å². The molecule has 2 aromatic rings. The molecule has 2 aromatic carbocycles. The highest BCUT2D eigenvalue weighted by Crippen LogP contribution is 2.43. The number of nitrogens with one attached hydrogen (secondary N) is 1. The molecule has 4 atom stereocenters. The van der Waals surface area contributed by atoms with E-state index in [9.17, 15) is 4.79 Å². The largest absolute Gasteiger partial charge is 0.449 e. The first-order valence-electron chi connectivity index (χ1n) is 13.8. The highest BCUT2D eigenvalue weighted by molar-refractivity contribution is 6.77. The molecule has 1 N–H and O–H groups in total. The molecule has 0 saturated carbocycles. The smallest absolute Gasteiger partial charge is 0.338 e. The molecular weight excluding hydrogens is 605 g/mol. The fraction of sp³-hybridized carbons (Fsp3) is 0.533. The predicted molar refractivity (Wildman–Crippen MR) is 165 cm³/mol. The molecule has 0 aromatic heterocycles. The van der Waals surface area contributed by atoms with Gasteiger partial charge >= 0.3 is 5.97 Å². The standard InChI is InChI=1S/C30H40Cl3NO6Si/c1-19(2)41(20(3)4,21(5)6)37-18-24-25(36-17-22-13-9-7-10-14-22)26(28(38-24)40-29(34)30(31,32)33)39-27(35)23-15-11-8-12-16-23/h7-16,19-21,24-26,28,34H,17-18H2,1-6H3/t24-,25-,26+,28-/m1/s1. The number of rotatable bonds is 12. The maximum atomic E-state index is 13.2. The highest BCUT2D eigenvalue weighted by Gasteiger charge is 2.53. The molecule has 7 nitrogen and oxygen atoms in total. The number of carbonyl (C=O) groups is 1. The van der Waals surface area contributed by atoms with Crippen LogP contribution in [0.4, 0.5) is 0 Å². The molecule has 11 heteroatoms. The Morgan fingerprint density at radius 2 is 1.41 bits per heavy atom. The molecule has 1 heterocycles. The number of esters is 1. The second-order valence-corrected chi connectivity index (χ2v) is 18.9. The number of ether oxygens (including phenoxy) is 4. The van der Waals surface area contributed by atoms with Crippen molar-refractivity contribution >= 4 is 55.0 Å². The Kier molecular flexibility index (Phi) is 12.1. The van der Waals surface area contributed by atoms with Gasteiger partial charge < -0.3 is 23.4 Å². The molecule has 0 bridgehead atoms. The Bertz CT molecular complexity index is 1110. The van der Waals surface area contributed by atoms with Crippen LogP contribution in [0.2, 0.25) is 16.6 Å². The van der Waals surface area contributed by atoms with Gasteiger partial charge in [-0.15, -0.1) is 0 Å². The van der Waals surface area contributed by atoms with Crippen molar-refractivity contribution in [1.29, 1.82) is 5.41 Å². The molecule has 0 radical (unpaired) electrons. The monoisotopic (exact) mass is 643 g/mol. The van der Waals surface area contributed by atoms with Crippen LogP contribution in [0.5, 0.6) is 0 Å². The second kappa shape index (κ2) is 14.7. The lowest BCUT2D eigenvalue weighted by Gasteiger charge is -2.43. The van der Waals surface area contributed by atoms with E-state index in [1.54, 1.807) is 30.3 Å². The van der Waals surface area contributed by atoms with Gasteiger partial charge in [-0.2, -0.15) is 0 Å². The van der Waals surface area contributed by atoms with Crippen LogP contribution in [-0.4, -0.2) is 55.2 Å². The van der Waals surface area contributed by atoms with Crippen LogP contribution < -0.4 is 0 Å². The SMILES string of the molecule is CC(C)[Si](OC[C@H]1O[C@H](OC(=N)C(Cl)(Cl)Cl)[C@@H](OC(=O)c2ccccc2)[C@@H]1OCc1ccccc1)(C(C)C)C(C)C. The van der Waals surface area contributed by atoms with Crippen molar-refractivity contribution in [3.8, 4) is 0 Å². The Hall–Kier alpha value is -1.65. The second-order valence-electron chi connectivity index (χ2n) is 11.1. The molecule has 0 aliphatic carbocycles. The molecule has 0 unspecified atom stereocenters. The van der Waals surface area contributed by atoms with E-state index in [0.717, 1.165) is 5.56 Å². The lowest BCUT2D eigenvalue weighted by Crippen LogP contribution is -2.50. The van der Waals surface area contributed by atoms with Crippen LogP contribution >= 0.6 is 34.8 Å². The topological polar surface area (TPSA) is 87.1 Å². The van der Waals surface area contributed by atoms with Gasteiger partial charge in [0, 0.05) is 0 Å². The van der Waals surface area contributed by atoms with Gasteiger partial charge in [0.25, 0.3) is 3.79 Å². The van der Waals surface area contributed by atoms with E-state index in [2.05, 4.69) is 41.5 Å². The molecule has 1 fully saturated rings. The summed E-state index contributed by atoms with van der Waals surface area (Å²) >= 11 is 17.8. The number of halogens is 3. The lowest BCUT2D eigenvalue weighted by atomic mass is 10.1. The normalized spacial score (nSPS) is 21.5. The zero-order chi connectivity index (χ0) is 30.4. The van der Waals surface area contributed by atoms with Crippen LogP contribution in [0, 0.1) is 5.41 Å². The zero-order valence-corrected chi connectivity index (χ0v) is 27.6. The summed E-state index contributed by atoms with van der Waals surface area (Å²) in [7, 11) is -2.29. The van der Waals surface area contributed by atoms with Crippen molar-refractivity contribution in [2.75, 3.05) is 6.61 Å². The summed E-state index contributed by atoms with van der Waals surface area (Å²) in [5, 5.41) is 8.18. The molecule has 226 valence electrons.